The lowest BCUT2D eigenvalue weighted by Gasteiger charge is -2.05. The minimum Gasteiger partial charge on any atom is -0.375 e. The second-order valence-electron chi connectivity index (χ2n) is 4.49. The van der Waals surface area contributed by atoms with Crippen molar-refractivity contribution in [3.05, 3.63) is 59.2 Å². The number of nitrogen functional groups attached to an aromatic ring is 1. The zero-order valence-electron chi connectivity index (χ0n) is 10.9. The summed E-state index contributed by atoms with van der Waals surface area (Å²) in [4.78, 5) is 4.17. The molecular formula is C16H10FN3S. The van der Waals surface area contributed by atoms with Gasteiger partial charge in [0.2, 0.25) is 0 Å². The molecule has 0 radical (unpaired) electrons. The van der Waals surface area contributed by atoms with Crippen molar-refractivity contribution >= 4 is 16.5 Å². The van der Waals surface area contributed by atoms with Gasteiger partial charge < -0.3 is 5.73 Å². The second kappa shape index (κ2) is 5.35. The highest BCUT2D eigenvalue weighted by atomic mass is 32.1. The van der Waals surface area contributed by atoms with Crippen LogP contribution in [0.15, 0.2) is 47.8 Å². The molecule has 2 N–H and O–H groups in total. The van der Waals surface area contributed by atoms with Crippen molar-refractivity contribution in [3.63, 3.8) is 0 Å². The van der Waals surface area contributed by atoms with Crippen molar-refractivity contribution in [1.29, 1.82) is 5.26 Å². The van der Waals surface area contributed by atoms with E-state index in [9.17, 15) is 4.39 Å². The molecule has 3 aromatic rings. The van der Waals surface area contributed by atoms with E-state index in [1.165, 1.54) is 23.5 Å². The lowest BCUT2D eigenvalue weighted by molar-refractivity contribution is 0.629. The van der Waals surface area contributed by atoms with Gasteiger partial charge in [-0.05, 0) is 41.5 Å². The van der Waals surface area contributed by atoms with Crippen molar-refractivity contribution in [2.24, 2.45) is 0 Å². The quantitative estimate of drug-likeness (QED) is 0.775. The van der Waals surface area contributed by atoms with Crippen LogP contribution in [0.4, 0.5) is 9.52 Å². The molecule has 3 rings (SSSR count). The number of nitriles is 1. The number of halogens is 1. The SMILES string of the molecule is N#Cc1ccc(-c2cc(F)cc(-c3csc(N)n3)c2)cc1. The van der Waals surface area contributed by atoms with E-state index in [1.807, 2.05) is 6.07 Å². The van der Waals surface area contributed by atoms with Crippen molar-refractivity contribution in [3.8, 4) is 28.5 Å². The first-order chi connectivity index (χ1) is 10.2. The zero-order valence-corrected chi connectivity index (χ0v) is 11.7. The van der Waals surface area contributed by atoms with Crippen LogP contribution >= 0.6 is 11.3 Å². The average Bonchev–Trinajstić information content (AvgIpc) is 2.93. The van der Waals surface area contributed by atoms with Gasteiger partial charge in [-0.25, -0.2) is 9.37 Å². The first-order valence-corrected chi connectivity index (χ1v) is 7.06. The van der Waals surface area contributed by atoms with Gasteiger partial charge in [0.05, 0.1) is 17.3 Å². The summed E-state index contributed by atoms with van der Waals surface area (Å²) in [6, 6.07) is 13.8. The summed E-state index contributed by atoms with van der Waals surface area (Å²) in [5.74, 6) is -0.335. The summed E-state index contributed by atoms with van der Waals surface area (Å²) < 4.78 is 13.8. The van der Waals surface area contributed by atoms with E-state index in [4.69, 9.17) is 11.0 Å². The topological polar surface area (TPSA) is 62.7 Å². The van der Waals surface area contributed by atoms with E-state index in [1.54, 1.807) is 29.6 Å². The molecule has 3 nitrogen and oxygen atoms in total. The van der Waals surface area contributed by atoms with Crippen LogP contribution in [0.2, 0.25) is 0 Å². The fourth-order valence-electron chi connectivity index (χ4n) is 2.06. The van der Waals surface area contributed by atoms with Crippen LogP contribution in [0.25, 0.3) is 22.4 Å². The molecule has 0 saturated carbocycles. The second-order valence-corrected chi connectivity index (χ2v) is 5.38. The van der Waals surface area contributed by atoms with Crippen molar-refractivity contribution in [2.75, 3.05) is 5.73 Å². The van der Waals surface area contributed by atoms with E-state index < -0.39 is 0 Å². The van der Waals surface area contributed by atoms with E-state index in [0.717, 1.165) is 11.1 Å². The van der Waals surface area contributed by atoms with Crippen molar-refractivity contribution in [2.45, 2.75) is 0 Å². The highest BCUT2D eigenvalue weighted by Crippen LogP contribution is 2.29. The molecule has 102 valence electrons. The molecule has 21 heavy (non-hydrogen) atoms. The van der Waals surface area contributed by atoms with Crippen LogP contribution in [-0.2, 0) is 0 Å². The molecular weight excluding hydrogens is 285 g/mol. The lowest BCUT2D eigenvalue weighted by atomic mass is 10.0. The Balaban J connectivity index is 2.07. The Morgan fingerprint density at radius 2 is 1.76 bits per heavy atom. The van der Waals surface area contributed by atoms with Gasteiger partial charge in [-0.15, -0.1) is 11.3 Å². The number of thiazole rings is 1. The van der Waals surface area contributed by atoms with E-state index in [2.05, 4.69) is 11.1 Å². The first kappa shape index (κ1) is 13.3. The number of hydrogen-bond acceptors (Lipinski definition) is 4. The smallest absolute Gasteiger partial charge is 0.180 e. The summed E-state index contributed by atoms with van der Waals surface area (Å²) in [6.45, 7) is 0. The monoisotopic (exact) mass is 295 g/mol. The van der Waals surface area contributed by atoms with Gasteiger partial charge in [-0.2, -0.15) is 5.26 Å². The van der Waals surface area contributed by atoms with Crippen LogP contribution in [0.1, 0.15) is 5.56 Å². The molecule has 0 aliphatic heterocycles. The Morgan fingerprint density at radius 3 is 2.38 bits per heavy atom. The molecule has 1 aromatic heterocycles. The third-order valence-corrected chi connectivity index (χ3v) is 3.74. The summed E-state index contributed by atoms with van der Waals surface area (Å²) in [5.41, 5.74) is 9.11. The van der Waals surface area contributed by atoms with Crippen LogP contribution in [0.3, 0.4) is 0 Å². The minimum atomic E-state index is -0.335. The number of hydrogen-bond donors (Lipinski definition) is 1. The molecule has 0 aliphatic carbocycles. The first-order valence-electron chi connectivity index (χ1n) is 6.18. The summed E-state index contributed by atoms with van der Waals surface area (Å²) in [5, 5.41) is 11.1. The molecule has 0 fully saturated rings. The Hall–Kier alpha value is -2.71. The third-order valence-electron chi connectivity index (χ3n) is 3.06. The van der Waals surface area contributed by atoms with E-state index >= 15 is 0 Å². The lowest BCUT2D eigenvalue weighted by Crippen LogP contribution is -1.87. The van der Waals surface area contributed by atoms with Gasteiger partial charge in [0.1, 0.15) is 5.82 Å². The molecule has 0 amide bonds. The van der Waals surface area contributed by atoms with Gasteiger partial charge in [0.25, 0.3) is 0 Å². The molecule has 5 heteroatoms. The Morgan fingerprint density at radius 1 is 1.05 bits per heavy atom. The third kappa shape index (κ3) is 2.76. The molecule has 0 spiro atoms. The normalized spacial score (nSPS) is 10.3. The maximum atomic E-state index is 13.8. The standard InChI is InChI=1S/C16H10FN3S/c17-14-6-12(11-3-1-10(8-18)2-4-11)5-13(7-14)15-9-21-16(19)20-15/h1-7,9H,(H2,19,20). The number of rotatable bonds is 2. The van der Waals surface area contributed by atoms with Gasteiger partial charge >= 0.3 is 0 Å². The van der Waals surface area contributed by atoms with Crippen molar-refractivity contribution < 1.29 is 4.39 Å². The van der Waals surface area contributed by atoms with Gasteiger partial charge in [-0.1, -0.05) is 12.1 Å². The number of benzene rings is 2. The van der Waals surface area contributed by atoms with Gasteiger partial charge in [0, 0.05) is 10.9 Å². The number of anilines is 1. The molecule has 0 atom stereocenters. The van der Waals surface area contributed by atoms with Crippen LogP contribution < -0.4 is 5.73 Å². The Labute approximate surface area is 125 Å². The van der Waals surface area contributed by atoms with Crippen LogP contribution in [-0.4, -0.2) is 4.98 Å². The predicted octanol–water partition coefficient (Wildman–Crippen LogP) is 4.07. The van der Waals surface area contributed by atoms with Crippen LogP contribution in [0, 0.1) is 17.1 Å². The number of nitrogens with zero attached hydrogens (tertiary/aromatic N) is 2. The average molecular weight is 295 g/mol. The maximum absolute atomic E-state index is 13.8. The van der Waals surface area contributed by atoms with Gasteiger partial charge in [0.15, 0.2) is 5.13 Å². The van der Waals surface area contributed by atoms with E-state index in [0.29, 0.717) is 22.0 Å². The summed E-state index contributed by atoms with van der Waals surface area (Å²) in [7, 11) is 0. The van der Waals surface area contributed by atoms with Crippen LogP contribution in [0.5, 0.6) is 0 Å². The molecule has 2 aromatic carbocycles. The molecule has 1 heterocycles. The molecule has 0 saturated heterocycles. The van der Waals surface area contributed by atoms with Crippen molar-refractivity contribution in [1.82, 2.24) is 4.98 Å². The largest absolute Gasteiger partial charge is 0.375 e. The number of nitrogens with two attached hydrogens (primary N) is 1. The highest BCUT2D eigenvalue weighted by molar-refractivity contribution is 7.13. The predicted molar refractivity (Wildman–Crippen MR) is 82.1 cm³/mol. The molecule has 0 unspecified atom stereocenters. The fourth-order valence-corrected chi connectivity index (χ4v) is 2.63. The van der Waals surface area contributed by atoms with Gasteiger partial charge in [-0.3, -0.25) is 0 Å². The number of aromatic nitrogens is 1. The maximum Gasteiger partial charge on any atom is 0.180 e. The zero-order chi connectivity index (χ0) is 14.8. The van der Waals surface area contributed by atoms with E-state index in [-0.39, 0.29) is 5.82 Å². The molecule has 0 bridgehead atoms. The Kier molecular flexibility index (Phi) is 3.38. The summed E-state index contributed by atoms with van der Waals surface area (Å²) in [6.07, 6.45) is 0. The molecule has 0 aliphatic rings. The fraction of sp³-hybridized carbons (Fsp3) is 0. The Bertz CT molecular complexity index is 831. The highest BCUT2D eigenvalue weighted by Gasteiger charge is 2.08. The minimum absolute atomic E-state index is 0.335. The summed E-state index contributed by atoms with van der Waals surface area (Å²) >= 11 is 1.32.